The summed E-state index contributed by atoms with van der Waals surface area (Å²) < 4.78 is 10.3. The Hall–Kier alpha value is -1.06. The molecule has 0 N–H and O–H groups in total. The van der Waals surface area contributed by atoms with Crippen LogP contribution in [0.15, 0.2) is 0 Å². The number of hydrogen-bond donors (Lipinski definition) is 0. The van der Waals surface area contributed by atoms with Gasteiger partial charge in [0.2, 0.25) is 0 Å². The first-order valence-electron chi connectivity index (χ1n) is 11.0. The molecule has 0 unspecified atom stereocenters. The SMILES string of the molecule is CCOC(=O)C(C)(C)CCCCCCCCCCCC(C)(C)C(=O)OCC. The third-order valence-electron chi connectivity index (χ3n) is 5.26. The van der Waals surface area contributed by atoms with Crippen LogP contribution in [0.5, 0.6) is 0 Å². The maximum Gasteiger partial charge on any atom is 0.311 e. The van der Waals surface area contributed by atoms with Crippen LogP contribution in [0.2, 0.25) is 0 Å². The summed E-state index contributed by atoms with van der Waals surface area (Å²) in [4.78, 5) is 23.7. The van der Waals surface area contributed by atoms with Crippen molar-refractivity contribution in [1.29, 1.82) is 0 Å². The number of unbranched alkanes of at least 4 members (excludes halogenated alkanes) is 8. The van der Waals surface area contributed by atoms with E-state index in [0.717, 1.165) is 25.7 Å². The fourth-order valence-corrected chi connectivity index (χ4v) is 3.23. The summed E-state index contributed by atoms with van der Waals surface area (Å²) in [6.07, 6.45) is 12.7. The first-order valence-corrected chi connectivity index (χ1v) is 11.0. The average molecular weight is 385 g/mol. The van der Waals surface area contributed by atoms with Crippen molar-refractivity contribution in [3.05, 3.63) is 0 Å². The molecule has 0 rings (SSSR count). The lowest BCUT2D eigenvalue weighted by molar-refractivity contribution is -0.154. The van der Waals surface area contributed by atoms with Crippen molar-refractivity contribution in [3.63, 3.8) is 0 Å². The molecular formula is C23H44O4. The van der Waals surface area contributed by atoms with Gasteiger partial charge in [0.05, 0.1) is 24.0 Å². The van der Waals surface area contributed by atoms with E-state index in [2.05, 4.69) is 0 Å². The first-order chi connectivity index (χ1) is 12.7. The van der Waals surface area contributed by atoms with Crippen LogP contribution >= 0.6 is 0 Å². The largest absolute Gasteiger partial charge is 0.466 e. The summed E-state index contributed by atoms with van der Waals surface area (Å²) in [6.45, 7) is 12.6. The third-order valence-corrected chi connectivity index (χ3v) is 5.26. The van der Waals surface area contributed by atoms with Crippen LogP contribution in [-0.4, -0.2) is 25.2 Å². The summed E-state index contributed by atoms with van der Waals surface area (Å²) in [5, 5.41) is 0. The van der Waals surface area contributed by atoms with Gasteiger partial charge < -0.3 is 9.47 Å². The fourth-order valence-electron chi connectivity index (χ4n) is 3.23. The average Bonchev–Trinajstić information content (AvgIpc) is 2.59. The highest BCUT2D eigenvalue weighted by Gasteiger charge is 2.29. The van der Waals surface area contributed by atoms with Crippen molar-refractivity contribution in [1.82, 2.24) is 0 Å². The minimum absolute atomic E-state index is 0.0730. The van der Waals surface area contributed by atoms with Crippen LogP contribution < -0.4 is 0 Å². The first kappa shape index (κ1) is 25.9. The molecule has 160 valence electrons. The quantitative estimate of drug-likeness (QED) is 0.226. The van der Waals surface area contributed by atoms with E-state index in [0.29, 0.717) is 13.2 Å². The Kier molecular flexibility index (Phi) is 13.5. The van der Waals surface area contributed by atoms with E-state index in [-0.39, 0.29) is 22.8 Å². The lowest BCUT2D eigenvalue weighted by Gasteiger charge is -2.22. The Labute approximate surface area is 167 Å². The Morgan fingerprint density at radius 2 is 0.815 bits per heavy atom. The van der Waals surface area contributed by atoms with Gasteiger partial charge in [-0.2, -0.15) is 0 Å². The lowest BCUT2D eigenvalue weighted by Crippen LogP contribution is -2.26. The van der Waals surface area contributed by atoms with Gasteiger partial charge in [0.1, 0.15) is 0 Å². The van der Waals surface area contributed by atoms with E-state index in [4.69, 9.17) is 9.47 Å². The molecule has 0 atom stereocenters. The molecule has 27 heavy (non-hydrogen) atoms. The smallest absolute Gasteiger partial charge is 0.311 e. The van der Waals surface area contributed by atoms with Crippen molar-refractivity contribution in [2.75, 3.05) is 13.2 Å². The molecule has 0 amide bonds. The number of ether oxygens (including phenoxy) is 2. The van der Waals surface area contributed by atoms with Crippen LogP contribution in [0.1, 0.15) is 112 Å². The second kappa shape index (κ2) is 14.0. The van der Waals surface area contributed by atoms with E-state index >= 15 is 0 Å². The van der Waals surface area contributed by atoms with Gasteiger partial charge in [-0.1, -0.05) is 57.8 Å². The van der Waals surface area contributed by atoms with Crippen LogP contribution in [0, 0.1) is 10.8 Å². The van der Waals surface area contributed by atoms with Crippen LogP contribution in [0.4, 0.5) is 0 Å². The van der Waals surface area contributed by atoms with Gasteiger partial charge in [0.15, 0.2) is 0 Å². The summed E-state index contributed by atoms with van der Waals surface area (Å²) in [5.74, 6) is -0.146. The number of esters is 2. The number of rotatable bonds is 16. The van der Waals surface area contributed by atoms with Crippen LogP contribution in [-0.2, 0) is 19.1 Å². The molecule has 0 aromatic rings. The number of carbonyl (C=O) groups is 2. The Bertz CT molecular complexity index is 375. The van der Waals surface area contributed by atoms with Gasteiger partial charge in [-0.25, -0.2) is 0 Å². The summed E-state index contributed by atoms with van der Waals surface area (Å²) in [6, 6.07) is 0. The van der Waals surface area contributed by atoms with Crippen molar-refractivity contribution in [2.45, 2.75) is 112 Å². The molecule has 0 saturated carbocycles. The molecular weight excluding hydrogens is 340 g/mol. The van der Waals surface area contributed by atoms with E-state index in [1.54, 1.807) is 0 Å². The van der Waals surface area contributed by atoms with Crippen molar-refractivity contribution < 1.29 is 19.1 Å². The van der Waals surface area contributed by atoms with Crippen LogP contribution in [0.25, 0.3) is 0 Å². The summed E-state index contributed by atoms with van der Waals surface area (Å²) in [5.41, 5.74) is -0.708. The van der Waals surface area contributed by atoms with E-state index in [1.807, 2.05) is 41.5 Å². The topological polar surface area (TPSA) is 52.6 Å². The monoisotopic (exact) mass is 384 g/mol. The van der Waals surface area contributed by atoms with Gasteiger partial charge >= 0.3 is 11.9 Å². The van der Waals surface area contributed by atoms with Crippen molar-refractivity contribution in [3.8, 4) is 0 Å². The molecule has 0 aromatic carbocycles. The Morgan fingerprint density at radius 1 is 0.556 bits per heavy atom. The minimum atomic E-state index is -0.354. The predicted octanol–water partition coefficient (Wildman–Crippen LogP) is 6.46. The maximum atomic E-state index is 11.8. The molecule has 0 saturated heterocycles. The molecule has 0 aliphatic carbocycles. The molecule has 0 aromatic heterocycles. The molecule has 0 aliphatic heterocycles. The molecule has 4 heteroatoms. The minimum Gasteiger partial charge on any atom is -0.466 e. The molecule has 4 nitrogen and oxygen atoms in total. The van der Waals surface area contributed by atoms with Crippen LogP contribution in [0.3, 0.4) is 0 Å². The normalized spacial score (nSPS) is 12.1. The van der Waals surface area contributed by atoms with Crippen molar-refractivity contribution in [2.24, 2.45) is 10.8 Å². The van der Waals surface area contributed by atoms with E-state index in [1.165, 1.54) is 44.9 Å². The standard InChI is InChI=1S/C23H44O4/c1-7-26-20(24)22(3,4)18-16-14-12-10-9-11-13-15-17-19-23(5,6)21(25)27-8-2/h7-19H2,1-6H3. The van der Waals surface area contributed by atoms with Gasteiger partial charge in [-0.15, -0.1) is 0 Å². The number of hydrogen-bond acceptors (Lipinski definition) is 4. The zero-order valence-electron chi connectivity index (χ0n) is 18.8. The maximum absolute atomic E-state index is 11.8. The lowest BCUT2D eigenvalue weighted by atomic mass is 9.86. The molecule has 0 fully saturated rings. The third kappa shape index (κ3) is 12.1. The van der Waals surface area contributed by atoms with E-state index in [9.17, 15) is 9.59 Å². The zero-order chi connectivity index (χ0) is 20.8. The van der Waals surface area contributed by atoms with Gasteiger partial charge in [0, 0.05) is 0 Å². The molecule has 0 radical (unpaired) electrons. The molecule has 0 spiro atoms. The zero-order valence-corrected chi connectivity index (χ0v) is 18.8. The molecule has 0 aliphatic rings. The van der Waals surface area contributed by atoms with Gasteiger partial charge in [-0.05, 0) is 54.4 Å². The summed E-state index contributed by atoms with van der Waals surface area (Å²) >= 11 is 0. The number of carbonyl (C=O) groups excluding carboxylic acids is 2. The molecule has 0 heterocycles. The summed E-state index contributed by atoms with van der Waals surface area (Å²) in [7, 11) is 0. The van der Waals surface area contributed by atoms with Crippen molar-refractivity contribution >= 4 is 11.9 Å². The predicted molar refractivity (Wildman–Crippen MR) is 112 cm³/mol. The second-order valence-electron chi connectivity index (χ2n) is 8.89. The van der Waals surface area contributed by atoms with E-state index < -0.39 is 0 Å². The Morgan fingerprint density at radius 3 is 1.07 bits per heavy atom. The highest BCUT2D eigenvalue weighted by Crippen LogP contribution is 2.27. The molecule has 0 bridgehead atoms. The highest BCUT2D eigenvalue weighted by atomic mass is 16.5. The second-order valence-corrected chi connectivity index (χ2v) is 8.89. The van der Waals surface area contributed by atoms with Gasteiger partial charge in [0.25, 0.3) is 0 Å². The van der Waals surface area contributed by atoms with Gasteiger partial charge in [-0.3, -0.25) is 9.59 Å². The highest BCUT2D eigenvalue weighted by molar-refractivity contribution is 5.76. The Balaban J connectivity index is 3.58. The fraction of sp³-hybridized carbons (Fsp3) is 0.913.